The molecule has 0 fully saturated rings. The Morgan fingerprint density at radius 3 is 2.57 bits per heavy atom. The van der Waals surface area contributed by atoms with E-state index < -0.39 is 6.09 Å². The van der Waals surface area contributed by atoms with E-state index in [9.17, 15) is 9.59 Å². The van der Waals surface area contributed by atoms with Crippen molar-refractivity contribution in [3.63, 3.8) is 0 Å². The SMILES string of the molecule is CCOC(=O)Nc1ccc(OCC(=O)Nc2cc(C)on2)cc1. The summed E-state index contributed by atoms with van der Waals surface area (Å²) >= 11 is 0. The number of amides is 2. The third-order valence-electron chi connectivity index (χ3n) is 2.64. The predicted octanol–water partition coefficient (Wildman–Crippen LogP) is 2.57. The zero-order chi connectivity index (χ0) is 16.7. The summed E-state index contributed by atoms with van der Waals surface area (Å²) in [7, 11) is 0. The molecule has 0 saturated heterocycles. The molecule has 0 unspecified atom stereocenters. The van der Waals surface area contributed by atoms with Gasteiger partial charge in [0.25, 0.3) is 5.91 Å². The molecule has 0 radical (unpaired) electrons. The van der Waals surface area contributed by atoms with Crippen LogP contribution in [0.4, 0.5) is 16.3 Å². The molecule has 122 valence electrons. The Kier molecular flexibility index (Phi) is 5.56. The second kappa shape index (κ2) is 7.83. The monoisotopic (exact) mass is 319 g/mol. The van der Waals surface area contributed by atoms with Gasteiger partial charge >= 0.3 is 6.09 Å². The maximum atomic E-state index is 11.7. The summed E-state index contributed by atoms with van der Waals surface area (Å²) in [6.07, 6.45) is -0.525. The lowest BCUT2D eigenvalue weighted by Crippen LogP contribution is -2.20. The molecule has 0 bridgehead atoms. The number of nitrogens with one attached hydrogen (secondary N) is 2. The average Bonchev–Trinajstić information content (AvgIpc) is 2.92. The van der Waals surface area contributed by atoms with Crippen LogP contribution in [0.2, 0.25) is 0 Å². The third-order valence-corrected chi connectivity index (χ3v) is 2.64. The molecule has 1 aromatic heterocycles. The van der Waals surface area contributed by atoms with E-state index in [2.05, 4.69) is 15.8 Å². The molecule has 2 rings (SSSR count). The number of hydrogen-bond acceptors (Lipinski definition) is 6. The summed E-state index contributed by atoms with van der Waals surface area (Å²) in [5.41, 5.74) is 0.568. The van der Waals surface area contributed by atoms with E-state index in [4.69, 9.17) is 14.0 Å². The first-order valence-electron chi connectivity index (χ1n) is 6.96. The molecule has 23 heavy (non-hydrogen) atoms. The Morgan fingerprint density at radius 2 is 1.96 bits per heavy atom. The fourth-order valence-electron chi connectivity index (χ4n) is 1.67. The van der Waals surface area contributed by atoms with Crippen molar-refractivity contribution in [2.45, 2.75) is 13.8 Å². The minimum absolute atomic E-state index is 0.170. The summed E-state index contributed by atoms with van der Waals surface area (Å²) in [5, 5.41) is 8.75. The molecule has 1 heterocycles. The summed E-state index contributed by atoms with van der Waals surface area (Å²) in [5.74, 6) is 1.08. The minimum atomic E-state index is -0.525. The van der Waals surface area contributed by atoms with Gasteiger partial charge in [0.05, 0.1) is 6.61 Å². The molecular formula is C15H17N3O5. The number of benzene rings is 1. The van der Waals surface area contributed by atoms with E-state index in [1.165, 1.54) is 0 Å². The lowest BCUT2D eigenvalue weighted by atomic mass is 10.3. The second-order valence-electron chi connectivity index (χ2n) is 4.53. The molecule has 0 aliphatic heterocycles. The molecule has 1 aromatic carbocycles. The van der Waals surface area contributed by atoms with Crippen molar-refractivity contribution in [1.29, 1.82) is 0 Å². The van der Waals surface area contributed by atoms with Crippen LogP contribution in [0, 0.1) is 6.92 Å². The Balaban J connectivity index is 1.79. The van der Waals surface area contributed by atoms with Gasteiger partial charge in [0, 0.05) is 11.8 Å². The topological polar surface area (TPSA) is 103 Å². The van der Waals surface area contributed by atoms with E-state index in [1.54, 1.807) is 44.2 Å². The maximum Gasteiger partial charge on any atom is 0.411 e. The number of rotatable bonds is 6. The number of hydrogen-bond donors (Lipinski definition) is 2. The molecule has 2 amide bonds. The molecule has 0 atom stereocenters. The van der Waals surface area contributed by atoms with Gasteiger partial charge in [-0.15, -0.1) is 0 Å². The van der Waals surface area contributed by atoms with E-state index in [0.29, 0.717) is 29.6 Å². The van der Waals surface area contributed by atoms with Crippen molar-refractivity contribution < 1.29 is 23.6 Å². The molecule has 2 aromatic rings. The molecule has 8 heteroatoms. The molecule has 2 N–H and O–H groups in total. The number of carbonyl (C=O) groups is 2. The van der Waals surface area contributed by atoms with Crippen LogP contribution in [0.5, 0.6) is 5.75 Å². The zero-order valence-corrected chi connectivity index (χ0v) is 12.8. The molecule has 0 aliphatic rings. The highest BCUT2D eigenvalue weighted by molar-refractivity contribution is 5.90. The van der Waals surface area contributed by atoms with Gasteiger partial charge in [-0.3, -0.25) is 10.1 Å². The van der Waals surface area contributed by atoms with Crippen molar-refractivity contribution in [3.05, 3.63) is 36.1 Å². The van der Waals surface area contributed by atoms with E-state index in [-0.39, 0.29) is 12.5 Å². The highest BCUT2D eigenvalue weighted by Crippen LogP contribution is 2.16. The number of anilines is 2. The Hall–Kier alpha value is -3.03. The quantitative estimate of drug-likeness (QED) is 0.848. The standard InChI is InChI=1S/C15H17N3O5/c1-3-21-15(20)16-11-4-6-12(7-5-11)22-9-14(19)17-13-8-10(2)23-18-13/h4-8H,3,9H2,1-2H3,(H,16,20)(H,17,18,19). The summed E-state index contributed by atoms with van der Waals surface area (Å²) in [4.78, 5) is 22.9. The van der Waals surface area contributed by atoms with E-state index >= 15 is 0 Å². The van der Waals surface area contributed by atoms with Crippen LogP contribution in [-0.4, -0.2) is 30.4 Å². The van der Waals surface area contributed by atoms with Crippen LogP contribution in [-0.2, 0) is 9.53 Å². The van der Waals surface area contributed by atoms with Crippen LogP contribution in [0.1, 0.15) is 12.7 Å². The van der Waals surface area contributed by atoms with E-state index in [1.807, 2.05) is 0 Å². The fourth-order valence-corrected chi connectivity index (χ4v) is 1.67. The zero-order valence-electron chi connectivity index (χ0n) is 12.8. The van der Waals surface area contributed by atoms with Gasteiger partial charge in [-0.25, -0.2) is 4.79 Å². The van der Waals surface area contributed by atoms with Gasteiger partial charge in [-0.1, -0.05) is 5.16 Å². The number of nitrogens with zero attached hydrogens (tertiary/aromatic N) is 1. The van der Waals surface area contributed by atoms with Crippen molar-refractivity contribution in [1.82, 2.24) is 5.16 Å². The first-order chi connectivity index (χ1) is 11.1. The lowest BCUT2D eigenvalue weighted by Gasteiger charge is -2.08. The summed E-state index contributed by atoms with van der Waals surface area (Å²) < 4.78 is 14.9. The minimum Gasteiger partial charge on any atom is -0.484 e. The molecular weight excluding hydrogens is 302 g/mol. The molecule has 0 saturated carbocycles. The smallest absolute Gasteiger partial charge is 0.411 e. The van der Waals surface area contributed by atoms with Gasteiger partial charge in [0.15, 0.2) is 12.4 Å². The van der Waals surface area contributed by atoms with Crippen molar-refractivity contribution in [2.24, 2.45) is 0 Å². The van der Waals surface area contributed by atoms with Crippen LogP contribution >= 0.6 is 0 Å². The molecule has 0 spiro atoms. The summed E-state index contributed by atoms with van der Waals surface area (Å²) in [6, 6.07) is 8.16. The second-order valence-corrected chi connectivity index (χ2v) is 4.53. The average molecular weight is 319 g/mol. The third kappa shape index (κ3) is 5.34. The first kappa shape index (κ1) is 16.3. The van der Waals surface area contributed by atoms with Gasteiger partial charge in [-0.05, 0) is 38.1 Å². The van der Waals surface area contributed by atoms with Gasteiger partial charge in [0.2, 0.25) is 0 Å². The largest absolute Gasteiger partial charge is 0.484 e. The number of ether oxygens (including phenoxy) is 2. The first-order valence-corrected chi connectivity index (χ1v) is 6.96. The van der Waals surface area contributed by atoms with Crippen LogP contribution < -0.4 is 15.4 Å². The van der Waals surface area contributed by atoms with Crippen LogP contribution in [0.25, 0.3) is 0 Å². The lowest BCUT2D eigenvalue weighted by molar-refractivity contribution is -0.118. The highest BCUT2D eigenvalue weighted by atomic mass is 16.5. The Labute approximate surface area is 132 Å². The number of aryl methyl sites for hydroxylation is 1. The molecule has 8 nitrogen and oxygen atoms in total. The van der Waals surface area contributed by atoms with Gasteiger partial charge in [-0.2, -0.15) is 0 Å². The van der Waals surface area contributed by atoms with Crippen molar-refractivity contribution in [3.8, 4) is 5.75 Å². The Bertz CT molecular complexity index is 666. The van der Waals surface area contributed by atoms with Crippen molar-refractivity contribution >= 4 is 23.5 Å². The molecule has 0 aliphatic carbocycles. The Morgan fingerprint density at radius 1 is 1.22 bits per heavy atom. The van der Waals surface area contributed by atoms with E-state index in [0.717, 1.165) is 0 Å². The van der Waals surface area contributed by atoms with Crippen LogP contribution in [0.15, 0.2) is 34.9 Å². The van der Waals surface area contributed by atoms with Gasteiger partial charge in [0.1, 0.15) is 11.5 Å². The fraction of sp³-hybridized carbons (Fsp3) is 0.267. The predicted molar refractivity (Wildman–Crippen MR) is 82.5 cm³/mol. The summed E-state index contributed by atoms with van der Waals surface area (Å²) in [6.45, 7) is 3.58. The number of aromatic nitrogens is 1. The normalized spacial score (nSPS) is 10.0. The van der Waals surface area contributed by atoms with Gasteiger partial charge < -0.3 is 19.3 Å². The number of carbonyl (C=O) groups excluding carboxylic acids is 2. The highest BCUT2D eigenvalue weighted by Gasteiger charge is 2.07. The maximum absolute atomic E-state index is 11.7. The van der Waals surface area contributed by atoms with Crippen LogP contribution in [0.3, 0.4) is 0 Å². The van der Waals surface area contributed by atoms with Crippen molar-refractivity contribution in [2.75, 3.05) is 23.8 Å².